The second-order valence-corrected chi connectivity index (χ2v) is 5.59. The lowest BCUT2D eigenvalue weighted by Gasteiger charge is -2.36. The lowest BCUT2D eigenvalue weighted by molar-refractivity contribution is -0.385. The number of carboxylic acids is 1. The number of hydrogen-bond acceptors (Lipinski definition) is 5. The normalized spacial score (nSPS) is 18.9. The summed E-state index contributed by atoms with van der Waals surface area (Å²) in [7, 11) is 0. The lowest BCUT2D eigenvalue weighted by atomic mass is 10.1. The second-order valence-electron chi connectivity index (χ2n) is 4.44. The summed E-state index contributed by atoms with van der Waals surface area (Å²) in [5.41, 5.74) is 0.0375. The molecular weight excluding hydrogens is 287 g/mol. The van der Waals surface area contributed by atoms with Crippen LogP contribution in [0.25, 0.3) is 0 Å². The fourth-order valence-corrected chi connectivity index (χ4v) is 3.26. The molecule has 0 radical (unpaired) electrons. The number of rotatable bonds is 4. The van der Waals surface area contributed by atoms with Gasteiger partial charge in [-0.15, -0.1) is 0 Å². The quantitative estimate of drug-likeness (QED) is 0.677. The minimum absolute atomic E-state index is 0.0721. The van der Waals surface area contributed by atoms with E-state index in [-0.39, 0.29) is 18.2 Å². The van der Waals surface area contributed by atoms with Crippen molar-refractivity contribution in [1.29, 1.82) is 0 Å². The molecule has 20 heavy (non-hydrogen) atoms. The number of non-ortho nitro benzene ring substituents is 1. The van der Waals surface area contributed by atoms with E-state index in [2.05, 4.69) is 0 Å². The molecule has 2 rings (SSSR count). The maximum absolute atomic E-state index is 13.5. The van der Waals surface area contributed by atoms with E-state index in [9.17, 15) is 19.3 Å². The molecule has 0 spiro atoms. The molecule has 1 atom stereocenters. The van der Waals surface area contributed by atoms with Crippen LogP contribution in [-0.4, -0.2) is 40.1 Å². The van der Waals surface area contributed by atoms with E-state index in [1.165, 1.54) is 12.1 Å². The van der Waals surface area contributed by atoms with Crippen molar-refractivity contribution in [3.63, 3.8) is 0 Å². The van der Waals surface area contributed by atoms with Crippen molar-refractivity contribution in [3.8, 4) is 0 Å². The number of anilines is 1. The fourth-order valence-electron chi connectivity index (χ4n) is 2.20. The molecule has 1 heterocycles. The van der Waals surface area contributed by atoms with Gasteiger partial charge in [-0.1, -0.05) is 0 Å². The van der Waals surface area contributed by atoms with Crippen LogP contribution in [0.3, 0.4) is 0 Å². The van der Waals surface area contributed by atoms with Crippen molar-refractivity contribution < 1.29 is 19.2 Å². The summed E-state index contributed by atoms with van der Waals surface area (Å²) in [6.45, 7) is 0.545. The summed E-state index contributed by atoms with van der Waals surface area (Å²) in [6.07, 6.45) is -0.0721. The third-order valence-corrected chi connectivity index (χ3v) is 4.14. The van der Waals surface area contributed by atoms with Crippen molar-refractivity contribution in [2.75, 3.05) is 23.0 Å². The molecule has 1 fully saturated rings. The Morgan fingerprint density at radius 1 is 1.55 bits per heavy atom. The summed E-state index contributed by atoms with van der Waals surface area (Å²) in [6, 6.07) is 3.06. The Labute approximate surface area is 118 Å². The maximum atomic E-state index is 13.5. The molecule has 0 aliphatic carbocycles. The van der Waals surface area contributed by atoms with E-state index in [0.29, 0.717) is 18.0 Å². The number of nitro groups is 1. The largest absolute Gasteiger partial charge is 0.481 e. The Balaban J connectivity index is 2.31. The second kappa shape index (κ2) is 6.08. The molecule has 1 aliphatic rings. The first-order valence-electron chi connectivity index (χ1n) is 5.98. The first kappa shape index (κ1) is 14.6. The molecule has 1 aromatic rings. The molecule has 1 aliphatic heterocycles. The van der Waals surface area contributed by atoms with Crippen LogP contribution in [0, 0.1) is 15.9 Å². The molecule has 1 unspecified atom stereocenters. The Hall–Kier alpha value is -1.83. The number of nitrogens with zero attached hydrogens (tertiary/aromatic N) is 2. The fraction of sp³-hybridized carbons (Fsp3) is 0.417. The Morgan fingerprint density at radius 3 is 2.95 bits per heavy atom. The predicted octanol–water partition coefficient (Wildman–Crippen LogP) is 2.13. The van der Waals surface area contributed by atoms with Crippen molar-refractivity contribution in [2.45, 2.75) is 12.5 Å². The number of aliphatic carboxylic acids is 1. The van der Waals surface area contributed by atoms with Crippen molar-refractivity contribution in [2.24, 2.45) is 0 Å². The van der Waals surface area contributed by atoms with Crippen molar-refractivity contribution in [3.05, 3.63) is 34.1 Å². The first-order valence-corrected chi connectivity index (χ1v) is 7.14. The zero-order valence-electron chi connectivity index (χ0n) is 10.5. The molecule has 0 saturated carbocycles. The molecule has 108 valence electrons. The smallest absolute Gasteiger partial charge is 0.305 e. The number of carboxylic acid groups (broad SMARTS) is 1. The van der Waals surface area contributed by atoms with Gasteiger partial charge in [-0.05, 0) is 6.07 Å². The van der Waals surface area contributed by atoms with Gasteiger partial charge in [0.05, 0.1) is 17.4 Å². The van der Waals surface area contributed by atoms with Crippen LogP contribution in [0.2, 0.25) is 0 Å². The predicted molar refractivity (Wildman–Crippen MR) is 73.8 cm³/mol. The monoisotopic (exact) mass is 300 g/mol. The van der Waals surface area contributed by atoms with E-state index in [4.69, 9.17) is 5.11 Å². The standard InChI is InChI=1S/C12H13FN2O4S/c13-8-3-9(5-10(4-8)15(18)19)14-1-2-20-7-11(14)6-12(16)17/h3-5,11H,1-2,6-7H2,(H,16,17). The van der Waals surface area contributed by atoms with Gasteiger partial charge in [0.25, 0.3) is 5.69 Å². The van der Waals surface area contributed by atoms with Crippen LogP contribution in [0.5, 0.6) is 0 Å². The van der Waals surface area contributed by atoms with Gasteiger partial charge in [0.1, 0.15) is 5.82 Å². The lowest BCUT2D eigenvalue weighted by Crippen LogP contribution is -2.43. The highest BCUT2D eigenvalue weighted by Crippen LogP contribution is 2.29. The van der Waals surface area contributed by atoms with E-state index >= 15 is 0 Å². The van der Waals surface area contributed by atoms with Gasteiger partial charge in [-0.25, -0.2) is 4.39 Å². The Bertz CT molecular complexity index is 540. The van der Waals surface area contributed by atoms with Crippen molar-refractivity contribution in [1.82, 2.24) is 0 Å². The first-order chi connectivity index (χ1) is 9.47. The average molecular weight is 300 g/mol. The molecule has 1 N–H and O–H groups in total. The molecule has 8 heteroatoms. The number of carbonyl (C=O) groups is 1. The third-order valence-electron chi connectivity index (χ3n) is 3.05. The van der Waals surface area contributed by atoms with Gasteiger partial charge in [0.2, 0.25) is 0 Å². The van der Waals surface area contributed by atoms with Crippen LogP contribution in [0.1, 0.15) is 6.42 Å². The van der Waals surface area contributed by atoms with Gasteiger partial charge in [-0.2, -0.15) is 11.8 Å². The highest BCUT2D eigenvalue weighted by Gasteiger charge is 2.26. The van der Waals surface area contributed by atoms with Gasteiger partial charge in [0, 0.05) is 35.8 Å². The van der Waals surface area contributed by atoms with Gasteiger partial charge in [0.15, 0.2) is 0 Å². The molecule has 6 nitrogen and oxygen atoms in total. The molecule has 0 amide bonds. The summed E-state index contributed by atoms with van der Waals surface area (Å²) in [5.74, 6) is -0.244. The van der Waals surface area contributed by atoms with Gasteiger partial charge in [-0.3, -0.25) is 14.9 Å². The molecular formula is C12H13FN2O4S. The Morgan fingerprint density at radius 2 is 2.30 bits per heavy atom. The average Bonchev–Trinajstić information content (AvgIpc) is 2.37. The highest BCUT2D eigenvalue weighted by atomic mass is 32.2. The van der Waals surface area contributed by atoms with Gasteiger partial charge >= 0.3 is 5.97 Å². The highest BCUT2D eigenvalue weighted by molar-refractivity contribution is 7.99. The minimum atomic E-state index is -0.937. The van der Waals surface area contributed by atoms with Crippen LogP contribution < -0.4 is 4.90 Å². The summed E-state index contributed by atoms with van der Waals surface area (Å²) in [5, 5.41) is 19.7. The van der Waals surface area contributed by atoms with Crippen LogP contribution in [-0.2, 0) is 4.79 Å². The summed E-state index contributed by atoms with van der Waals surface area (Å²) in [4.78, 5) is 22.7. The minimum Gasteiger partial charge on any atom is -0.481 e. The van der Waals surface area contributed by atoms with E-state index < -0.39 is 16.7 Å². The van der Waals surface area contributed by atoms with Crippen LogP contribution >= 0.6 is 11.8 Å². The molecule has 0 aromatic heterocycles. The molecule has 1 saturated heterocycles. The van der Waals surface area contributed by atoms with Gasteiger partial charge < -0.3 is 10.0 Å². The molecule has 0 bridgehead atoms. The maximum Gasteiger partial charge on any atom is 0.305 e. The summed E-state index contributed by atoms with van der Waals surface area (Å²) >= 11 is 1.63. The molecule has 1 aromatic carbocycles. The topological polar surface area (TPSA) is 83.7 Å². The van der Waals surface area contributed by atoms with E-state index in [0.717, 1.165) is 11.8 Å². The van der Waals surface area contributed by atoms with E-state index in [1.807, 2.05) is 0 Å². The summed E-state index contributed by atoms with van der Waals surface area (Å²) < 4.78 is 13.5. The van der Waals surface area contributed by atoms with E-state index in [1.54, 1.807) is 16.7 Å². The third kappa shape index (κ3) is 3.38. The number of thioether (sulfide) groups is 1. The van der Waals surface area contributed by atoms with Crippen LogP contribution in [0.4, 0.5) is 15.8 Å². The Kier molecular flexibility index (Phi) is 4.43. The zero-order valence-corrected chi connectivity index (χ0v) is 11.3. The number of benzene rings is 1. The zero-order chi connectivity index (χ0) is 14.7. The van der Waals surface area contributed by atoms with Crippen LogP contribution in [0.15, 0.2) is 18.2 Å². The van der Waals surface area contributed by atoms with Crippen molar-refractivity contribution >= 4 is 29.1 Å². The SMILES string of the molecule is O=C(O)CC1CSCCN1c1cc(F)cc([N+](=O)[O-])c1. The number of hydrogen-bond donors (Lipinski definition) is 1. The number of nitro benzene ring substituents is 1. The number of halogens is 1.